The molecule has 1 aliphatic heterocycles. The molecule has 2 heterocycles. The second kappa shape index (κ2) is 7.57. The predicted octanol–water partition coefficient (Wildman–Crippen LogP) is 2.52. The van der Waals surface area contributed by atoms with E-state index in [1.54, 1.807) is 6.20 Å². The predicted molar refractivity (Wildman–Crippen MR) is 95.3 cm³/mol. The van der Waals surface area contributed by atoms with Crippen LogP contribution >= 0.6 is 11.3 Å². The van der Waals surface area contributed by atoms with Crippen LogP contribution in [0.1, 0.15) is 35.3 Å². The number of nitrogens with zero attached hydrogens (tertiary/aromatic N) is 2. The molecule has 1 fully saturated rings. The smallest absolute Gasteiger partial charge is 0.229 e. The molecule has 0 saturated carbocycles. The molecule has 7 heteroatoms. The van der Waals surface area contributed by atoms with Crippen LogP contribution in [0.3, 0.4) is 0 Å². The van der Waals surface area contributed by atoms with Crippen molar-refractivity contribution in [2.45, 2.75) is 32.6 Å². The fourth-order valence-electron chi connectivity index (χ4n) is 2.62. The van der Waals surface area contributed by atoms with E-state index in [-0.39, 0.29) is 43.5 Å². The van der Waals surface area contributed by atoms with E-state index < -0.39 is 0 Å². The van der Waals surface area contributed by atoms with Gasteiger partial charge in [-0.25, -0.2) is 4.98 Å². The number of benzene rings is 1. The van der Waals surface area contributed by atoms with Crippen LogP contribution in [0.2, 0.25) is 0 Å². The lowest BCUT2D eigenvalue weighted by atomic mass is 10.1. The number of carbonyl (C=O) groups excluding carboxylic acids is 3. The van der Waals surface area contributed by atoms with Crippen molar-refractivity contribution >= 4 is 34.2 Å². The molecule has 3 rings (SSSR count). The number of nitrogens with one attached hydrogen (secondary N) is 1. The number of amides is 3. The van der Waals surface area contributed by atoms with Crippen LogP contribution in [0, 0.1) is 6.92 Å². The van der Waals surface area contributed by atoms with Gasteiger partial charge in [0.1, 0.15) is 0 Å². The molecule has 130 valence electrons. The number of hydrogen-bond donors (Lipinski definition) is 1. The van der Waals surface area contributed by atoms with Gasteiger partial charge < -0.3 is 5.32 Å². The summed E-state index contributed by atoms with van der Waals surface area (Å²) < 4.78 is 0. The molecule has 1 N–H and O–H groups in total. The second-order valence-corrected chi connectivity index (χ2v) is 7.15. The Morgan fingerprint density at radius 2 is 1.88 bits per heavy atom. The average Bonchev–Trinajstić information content (AvgIpc) is 3.14. The second-order valence-electron chi connectivity index (χ2n) is 6.03. The third-order valence-corrected chi connectivity index (χ3v) is 4.93. The minimum atomic E-state index is -0.247. The number of imide groups is 1. The Morgan fingerprint density at radius 1 is 1.20 bits per heavy atom. The van der Waals surface area contributed by atoms with Crippen LogP contribution in [-0.4, -0.2) is 34.2 Å². The summed E-state index contributed by atoms with van der Waals surface area (Å²) in [5.74, 6) is -0.649. The summed E-state index contributed by atoms with van der Waals surface area (Å²) in [6, 6.07) is 8.30. The monoisotopic (exact) mass is 357 g/mol. The Kier molecular flexibility index (Phi) is 5.23. The van der Waals surface area contributed by atoms with Gasteiger partial charge >= 0.3 is 0 Å². The summed E-state index contributed by atoms with van der Waals surface area (Å²) in [5, 5.41) is 3.26. The number of thiazole rings is 1. The average molecular weight is 357 g/mol. The first-order valence-electron chi connectivity index (χ1n) is 8.14. The van der Waals surface area contributed by atoms with Crippen molar-refractivity contribution in [1.29, 1.82) is 0 Å². The van der Waals surface area contributed by atoms with E-state index in [0.29, 0.717) is 5.13 Å². The van der Waals surface area contributed by atoms with Crippen molar-refractivity contribution < 1.29 is 14.4 Å². The first-order valence-corrected chi connectivity index (χ1v) is 8.96. The highest BCUT2D eigenvalue weighted by molar-refractivity contribution is 7.15. The normalized spacial score (nSPS) is 14.2. The van der Waals surface area contributed by atoms with Gasteiger partial charge in [0.25, 0.3) is 0 Å². The minimum absolute atomic E-state index is 0.0877. The number of carbonyl (C=O) groups is 3. The van der Waals surface area contributed by atoms with Gasteiger partial charge in [-0.2, -0.15) is 0 Å². The number of aryl methyl sites for hydroxylation is 1. The highest BCUT2D eigenvalue weighted by atomic mass is 32.1. The molecule has 1 aromatic heterocycles. The number of rotatable bonds is 6. The summed E-state index contributed by atoms with van der Waals surface area (Å²) in [6.07, 6.45) is 3.10. The van der Waals surface area contributed by atoms with Gasteiger partial charge in [0.2, 0.25) is 17.7 Å². The number of hydrogen-bond acceptors (Lipinski definition) is 5. The van der Waals surface area contributed by atoms with Gasteiger partial charge in [0.05, 0.1) is 0 Å². The lowest BCUT2D eigenvalue weighted by Gasteiger charge is -2.12. The fraction of sp³-hybridized carbons (Fsp3) is 0.333. The van der Waals surface area contributed by atoms with Crippen molar-refractivity contribution in [3.8, 4) is 0 Å². The molecular weight excluding hydrogens is 338 g/mol. The van der Waals surface area contributed by atoms with E-state index in [2.05, 4.69) is 34.6 Å². The Balaban J connectivity index is 1.50. The molecule has 0 radical (unpaired) electrons. The summed E-state index contributed by atoms with van der Waals surface area (Å²) in [4.78, 5) is 41.5. The van der Waals surface area contributed by atoms with Crippen molar-refractivity contribution in [3.05, 3.63) is 46.5 Å². The SMILES string of the molecule is Cc1ccc(Cc2cnc(NC(=O)CCN3C(=O)CCC3=O)s2)cc1. The van der Waals surface area contributed by atoms with Crippen LogP contribution < -0.4 is 5.32 Å². The highest BCUT2D eigenvalue weighted by Crippen LogP contribution is 2.21. The van der Waals surface area contributed by atoms with E-state index in [9.17, 15) is 14.4 Å². The van der Waals surface area contributed by atoms with Gasteiger partial charge in [-0.15, -0.1) is 11.3 Å². The fourth-order valence-corrected chi connectivity index (χ4v) is 3.48. The van der Waals surface area contributed by atoms with Crippen LogP contribution in [0.15, 0.2) is 30.5 Å². The first-order chi connectivity index (χ1) is 12.0. The van der Waals surface area contributed by atoms with E-state index >= 15 is 0 Å². The van der Waals surface area contributed by atoms with Gasteiger partial charge in [-0.05, 0) is 12.5 Å². The van der Waals surface area contributed by atoms with Crippen LogP contribution in [0.5, 0.6) is 0 Å². The zero-order valence-corrected chi connectivity index (χ0v) is 14.8. The third-order valence-electron chi connectivity index (χ3n) is 4.02. The standard InChI is InChI=1S/C18H19N3O3S/c1-12-2-4-13(5-3-12)10-14-11-19-18(25-14)20-15(22)8-9-21-16(23)6-7-17(21)24/h2-5,11H,6-10H2,1H3,(H,19,20,22). The molecule has 1 aromatic carbocycles. The molecule has 0 atom stereocenters. The van der Waals surface area contributed by atoms with Crippen molar-refractivity contribution in [1.82, 2.24) is 9.88 Å². The summed E-state index contributed by atoms with van der Waals surface area (Å²) in [7, 11) is 0. The van der Waals surface area contributed by atoms with Crippen molar-refractivity contribution in [3.63, 3.8) is 0 Å². The van der Waals surface area contributed by atoms with Crippen LogP contribution in [0.4, 0.5) is 5.13 Å². The summed E-state index contributed by atoms with van der Waals surface area (Å²) in [5.41, 5.74) is 2.41. The number of likely N-dealkylation sites (tertiary alicyclic amines) is 1. The zero-order valence-electron chi connectivity index (χ0n) is 13.9. The quantitative estimate of drug-likeness (QED) is 0.806. The van der Waals surface area contributed by atoms with Crippen LogP contribution in [-0.2, 0) is 20.8 Å². The van der Waals surface area contributed by atoms with Crippen LogP contribution in [0.25, 0.3) is 0 Å². The molecule has 0 aliphatic carbocycles. The number of aromatic nitrogens is 1. The van der Waals surface area contributed by atoms with Gasteiger partial charge in [-0.1, -0.05) is 29.8 Å². The van der Waals surface area contributed by atoms with Gasteiger partial charge in [-0.3, -0.25) is 19.3 Å². The molecule has 0 spiro atoms. The molecule has 6 nitrogen and oxygen atoms in total. The molecule has 0 bridgehead atoms. The molecular formula is C18H19N3O3S. The van der Waals surface area contributed by atoms with E-state index in [1.807, 2.05) is 6.92 Å². The maximum atomic E-state index is 12.0. The largest absolute Gasteiger partial charge is 0.302 e. The van der Waals surface area contributed by atoms with E-state index in [0.717, 1.165) is 16.2 Å². The topological polar surface area (TPSA) is 79.4 Å². The molecule has 0 unspecified atom stereocenters. The molecule has 25 heavy (non-hydrogen) atoms. The third kappa shape index (κ3) is 4.51. The number of anilines is 1. The van der Waals surface area contributed by atoms with Gasteiger partial charge in [0.15, 0.2) is 5.13 Å². The molecule has 1 saturated heterocycles. The summed E-state index contributed by atoms with van der Waals surface area (Å²) in [6.45, 7) is 2.18. The first kappa shape index (κ1) is 17.3. The van der Waals surface area contributed by atoms with Crippen molar-refractivity contribution in [2.24, 2.45) is 0 Å². The Hall–Kier alpha value is -2.54. The lowest BCUT2D eigenvalue weighted by Crippen LogP contribution is -2.32. The maximum Gasteiger partial charge on any atom is 0.229 e. The minimum Gasteiger partial charge on any atom is -0.302 e. The highest BCUT2D eigenvalue weighted by Gasteiger charge is 2.28. The van der Waals surface area contributed by atoms with E-state index in [1.165, 1.54) is 22.5 Å². The zero-order chi connectivity index (χ0) is 17.8. The molecule has 3 amide bonds. The Morgan fingerprint density at radius 3 is 2.56 bits per heavy atom. The lowest BCUT2D eigenvalue weighted by molar-refractivity contribution is -0.138. The van der Waals surface area contributed by atoms with Gasteiger partial charge in [0, 0.05) is 43.3 Å². The maximum absolute atomic E-state index is 12.0. The summed E-state index contributed by atoms with van der Waals surface area (Å²) >= 11 is 1.43. The Labute approximate surface area is 149 Å². The Bertz CT molecular complexity index is 782. The van der Waals surface area contributed by atoms with Crippen molar-refractivity contribution in [2.75, 3.05) is 11.9 Å². The molecule has 2 aromatic rings. The molecule has 1 aliphatic rings. The van der Waals surface area contributed by atoms with E-state index in [4.69, 9.17) is 0 Å².